The molecule has 2 aromatic heterocycles. The number of H-pyrrole nitrogens is 1. The molecular formula is C14H17N3O. The number of furan rings is 1. The fraction of sp³-hybridized carbons (Fsp3) is 0.500. The summed E-state index contributed by atoms with van der Waals surface area (Å²) in [4.78, 5) is 8.40. The fourth-order valence-electron chi connectivity index (χ4n) is 3.11. The van der Waals surface area contributed by atoms with Gasteiger partial charge in [-0.15, -0.1) is 0 Å². The lowest BCUT2D eigenvalue weighted by molar-refractivity contribution is 0.447. The van der Waals surface area contributed by atoms with Crippen LogP contribution in [0.3, 0.4) is 0 Å². The van der Waals surface area contributed by atoms with E-state index in [2.05, 4.69) is 10.3 Å². The van der Waals surface area contributed by atoms with Crippen molar-refractivity contribution < 1.29 is 4.42 Å². The van der Waals surface area contributed by atoms with Crippen LogP contribution in [0.1, 0.15) is 36.0 Å². The highest BCUT2D eigenvalue weighted by molar-refractivity contribution is 5.66. The van der Waals surface area contributed by atoms with E-state index in [0.717, 1.165) is 37.4 Å². The first-order chi connectivity index (χ1) is 8.92. The van der Waals surface area contributed by atoms with E-state index >= 15 is 0 Å². The first-order valence-corrected chi connectivity index (χ1v) is 6.78. The van der Waals surface area contributed by atoms with Crippen LogP contribution in [0.25, 0.3) is 11.3 Å². The molecule has 0 spiro atoms. The molecule has 94 valence electrons. The highest BCUT2D eigenvalue weighted by Gasteiger charge is 2.25. The molecule has 1 aliphatic carbocycles. The average Bonchev–Trinajstić information content (AvgIpc) is 3.05. The van der Waals surface area contributed by atoms with Gasteiger partial charge >= 0.3 is 0 Å². The summed E-state index contributed by atoms with van der Waals surface area (Å²) < 4.78 is 5.50. The monoisotopic (exact) mass is 243 g/mol. The molecule has 3 heterocycles. The number of hydrogen-bond acceptors (Lipinski definition) is 3. The summed E-state index contributed by atoms with van der Waals surface area (Å²) in [6.45, 7) is 2.21. The van der Waals surface area contributed by atoms with Crippen LogP contribution in [0.5, 0.6) is 0 Å². The predicted octanol–water partition coefficient (Wildman–Crippen LogP) is 2.24. The second kappa shape index (κ2) is 3.99. The molecule has 2 aliphatic rings. The summed E-state index contributed by atoms with van der Waals surface area (Å²) in [7, 11) is 0. The minimum absolute atomic E-state index is 0.590. The summed E-state index contributed by atoms with van der Waals surface area (Å²) >= 11 is 0. The Bertz CT molecular complexity index is 563. The number of fused-ring (bicyclic) bond motifs is 3. The third-order valence-electron chi connectivity index (χ3n) is 4.13. The largest absolute Gasteiger partial charge is 0.469 e. The van der Waals surface area contributed by atoms with Gasteiger partial charge in [-0.3, -0.25) is 0 Å². The van der Waals surface area contributed by atoms with Crippen molar-refractivity contribution in [3.63, 3.8) is 0 Å². The molecule has 1 fully saturated rings. The van der Waals surface area contributed by atoms with E-state index in [-0.39, 0.29) is 0 Å². The van der Waals surface area contributed by atoms with Crippen molar-refractivity contribution in [3.05, 3.63) is 29.6 Å². The molecule has 0 saturated carbocycles. The van der Waals surface area contributed by atoms with Crippen molar-refractivity contribution in [1.82, 2.24) is 15.3 Å². The Labute approximate surface area is 106 Å². The molecule has 2 aromatic rings. The SMILES string of the molecule is c1cc2c(o1)CCc1[nH]c(C3CCNCC3)nc1-2. The van der Waals surface area contributed by atoms with Gasteiger partial charge in [0.25, 0.3) is 0 Å². The summed E-state index contributed by atoms with van der Waals surface area (Å²) in [5, 5.41) is 3.40. The maximum Gasteiger partial charge on any atom is 0.113 e. The van der Waals surface area contributed by atoms with Gasteiger partial charge in [-0.1, -0.05) is 0 Å². The van der Waals surface area contributed by atoms with Gasteiger partial charge < -0.3 is 14.7 Å². The van der Waals surface area contributed by atoms with Crippen LogP contribution >= 0.6 is 0 Å². The van der Waals surface area contributed by atoms with E-state index in [4.69, 9.17) is 9.40 Å². The number of nitrogens with zero attached hydrogens (tertiary/aromatic N) is 1. The van der Waals surface area contributed by atoms with Gasteiger partial charge in [0.2, 0.25) is 0 Å². The minimum Gasteiger partial charge on any atom is -0.469 e. The Kier molecular flexibility index (Phi) is 2.30. The molecule has 1 aliphatic heterocycles. The van der Waals surface area contributed by atoms with Gasteiger partial charge in [-0.2, -0.15) is 0 Å². The summed E-state index contributed by atoms with van der Waals surface area (Å²) in [6, 6.07) is 2.04. The fourth-order valence-corrected chi connectivity index (χ4v) is 3.11. The first-order valence-electron chi connectivity index (χ1n) is 6.78. The Hall–Kier alpha value is -1.55. The zero-order valence-electron chi connectivity index (χ0n) is 10.3. The maximum absolute atomic E-state index is 5.50. The Morgan fingerprint density at radius 1 is 1.22 bits per heavy atom. The molecule has 4 heteroatoms. The lowest BCUT2D eigenvalue weighted by Crippen LogP contribution is -2.27. The van der Waals surface area contributed by atoms with Crippen molar-refractivity contribution >= 4 is 0 Å². The van der Waals surface area contributed by atoms with E-state index in [1.807, 2.05) is 6.07 Å². The minimum atomic E-state index is 0.590. The van der Waals surface area contributed by atoms with Crippen molar-refractivity contribution in [1.29, 1.82) is 0 Å². The summed E-state index contributed by atoms with van der Waals surface area (Å²) in [5.74, 6) is 2.86. The molecule has 0 bridgehead atoms. The Balaban J connectivity index is 1.73. The van der Waals surface area contributed by atoms with Crippen molar-refractivity contribution in [3.8, 4) is 11.3 Å². The van der Waals surface area contributed by atoms with E-state index in [1.54, 1.807) is 6.26 Å². The van der Waals surface area contributed by atoms with E-state index < -0.39 is 0 Å². The standard InChI is InChI=1S/C14H17N3O/c1-2-12-10(5-8-18-12)13-11(1)16-14(17-13)9-3-6-15-7-4-9/h5,8-9,15H,1-4,6-7H2,(H,16,17). The number of aromatic nitrogens is 2. The summed E-state index contributed by atoms with van der Waals surface area (Å²) in [6.07, 6.45) is 6.16. The third-order valence-corrected chi connectivity index (χ3v) is 4.13. The molecule has 0 radical (unpaired) electrons. The lowest BCUT2D eigenvalue weighted by atomic mass is 9.98. The van der Waals surface area contributed by atoms with E-state index in [1.165, 1.54) is 29.9 Å². The number of nitrogens with one attached hydrogen (secondary N) is 2. The van der Waals surface area contributed by atoms with Crippen molar-refractivity contribution in [2.45, 2.75) is 31.6 Å². The lowest BCUT2D eigenvalue weighted by Gasteiger charge is -2.20. The zero-order valence-corrected chi connectivity index (χ0v) is 10.3. The number of hydrogen-bond donors (Lipinski definition) is 2. The van der Waals surface area contributed by atoms with Gasteiger partial charge in [-0.05, 0) is 38.4 Å². The molecule has 0 amide bonds. The van der Waals surface area contributed by atoms with Crippen molar-refractivity contribution in [2.24, 2.45) is 0 Å². The van der Waals surface area contributed by atoms with Gasteiger partial charge in [0, 0.05) is 23.6 Å². The second-order valence-corrected chi connectivity index (χ2v) is 5.23. The molecule has 1 saturated heterocycles. The normalized spacial score (nSPS) is 19.6. The maximum atomic E-state index is 5.50. The van der Waals surface area contributed by atoms with Gasteiger partial charge in [0.1, 0.15) is 11.6 Å². The van der Waals surface area contributed by atoms with Crippen LogP contribution in [0, 0.1) is 0 Å². The third kappa shape index (κ3) is 1.52. The molecule has 0 unspecified atom stereocenters. The topological polar surface area (TPSA) is 53.9 Å². The van der Waals surface area contributed by atoms with Gasteiger partial charge in [0.15, 0.2) is 0 Å². The van der Waals surface area contributed by atoms with Gasteiger partial charge in [-0.25, -0.2) is 4.98 Å². The number of rotatable bonds is 1. The molecule has 4 nitrogen and oxygen atoms in total. The molecule has 18 heavy (non-hydrogen) atoms. The number of imidazole rings is 1. The van der Waals surface area contributed by atoms with Crippen LogP contribution in [-0.2, 0) is 12.8 Å². The highest BCUT2D eigenvalue weighted by Crippen LogP contribution is 2.34. The number of piperidine rings is 1. The molecule has 2 N–H and O–H groups in total. The molecule has 0 aromatic carbocycles. The smallest absolute Gasteiger partial charge is 0.113 e. The van der Waals surface area contributed by atoms with Crippen LogP contribution in [0.2, 0.25) is 0 Å². The van der Waals surface area contributed by atoms with Crippen LogP contribution in [0.4, 0.5) is 0 Å². The second-order valence-electron chi connectivity index (χ2n) is 5.23. The van der Waals surface area contributed by atoms with Gasteiger partial charge in [0.05, 0.1) is 12.0 Å². The Morgan fingerprint density at radius 2 is 2.11 bits per heavy atom. The average molecular weight is 243 g/mol. The first kappa shape index (κ1) is 10.4. The summed E-state index contributed by atoms with van der Waals surface area (Å²) in [5.41, 5.74) is 3.60. The Morgan fingerprint density at radius 3 is 3.00 bits per heavy atom. The van der Waals surface area contributed by atoms with Crippen LogP contribution in [-0.4, -0.2) is 23.1 Å². The predicted molar refractivity (Wildman–Crippen MR) is 68.5 cm³/mol. The molecule has 0 atom stereocenters. The molecular weight excluding hydrogens is 226 g/mol. The van der Waals surface area contributed by atoms with E-state index in [0.29, 0.717) is 5.92 Å². The molecule has 4 rings (SSSR count). The van der Waals surface area contributed by atoms with E-state index in [9.17, 15) is 0 Å². The number of aryl methyl sites for hydroxylation is 2. The highest BCUT2D eigenvalue weighted by atomic mass is 16.3. The number of aromatic amines is 1. The van der Waals surface area contributed by atoms with Crippen molar-refractivity contribution in [2.75, 3.05) is 13.1 Å². The quantitative estimate of drug-likeness (QED) is 0.807. The van der Waals surface area contributed by atoms with Crippen LogP contribution in [0.15, 0.2) is 16.7 Å². The zero-order chi connectivity index (χ0) is 11.9. The van der Waals surface area contributed by atoms with Crippen LogP contribution < -0.4 is 5.32 Å².